The Morgan fingerprint density at radius 2 is 1.62 bits per heavy atom. The molecule has 0 aliphatic carbocycles. The fourth-order valence-corrected chi connectivity index (χ4v) is 3.30. The first-order valence-electron chi connectivity index (χ1n) is 8.42. The molecule has 5 nitrogen and oxygen atoms in total. The second-order valence-corrected chi connectivity index (χ2v) is 7.23. The fraction of sp³-hybridized carbons (Fsp3) is 0.263. The van der Waals surface area contributed by atoms with Gasteiger partial charge in [-0.25, -0.2) is 4.98 Å². The molecule has 1 aliphatic heterocycles. The van der Waals surface area contributed by atoms with Gasteiger partial charge in [0.1, 0.15) is 5.82 Å². The van der Waals surface area contributed by atoms with Gasteiger partial charge >= 0.3 is 0 Å². The van der Waals surface area contributed by atoms with Crippen molar-refractivity contribution in [3.8, 4) is 0 Å². The number of hydrogen-bond donors (Lipinski definition) is 1. The fourth-order valence-electron chi connectivity index (χ4n) is 3.04. The van der Waals surface area contributed by atoms with Crippen molar-refractivity contribution < 1.29 is 0 Å². The highest BCUT2D eigenvalue weighted by Crippen LogP contribution is 2.27. The molecule has 2 heterocycles. The maximum atomic E-state index is 4.84. The lowest BCUT2D eigenvalue weighted by Gasteiger charge is -2.33. The predicted molar refractivity (Wildman–Crippen MR) is 114 cm³/mol. The summed E-state index contributed by atoms with van der Waals surface area (Å²) in [5.74, 6) is 1.65. The molecule has 2 aromatic carbocycles. The van der Waals surface area contributed by atoms with Crippen LogP contribution in [0.1, 0.15) is 0 Å². The van der Waals surface area contributed by atoms with Gasteiger partial charge in [0.25, 0.3) is 0 Å². The minimum atomic E-state index is 0. The summed E-state index contributed by atoms with van der Waals surface area (Å²) < 4.78 is 1.05. The first kappa shape index (κ1) is 18.9. The van der Waals surface area contributed by atoms with E-state index < -0.39 is 0 Å². The van der Waals surface area contributed by atoms with E-state index in [0.717, 1.165) is 53.1 Å². The zero-order chi connectivity index (χ0) is 17.2. The second kappa shape index (κ2) is 8.20. The molecule has 4 rings (SSSR count). The van der Waals surface area contributed by atoms with E-state index in [0.29, 0.717) is 5.95 Å². The van der Waals surface area contributed by atoms with Crippen molar-refractivity contribution in [2.24, 2.45) is 0 Å². The number of rotatable bonds is 3. The summed E-state index contributed by atoms with van der Waals surface area (Å²) in [7, 11) is 2.16. The molecule has 0 spiro atoms. The van der Waals surface area contributed by atoms with Crippen molar-refractivity contribution in [1.29, 1.82) is 0 Å². The molecule has 0 amide bonds. The van der Waals surface area contributed by atoms with Crippen LogP contribution in [0.3, 0.4) is 0 Å². The smallest absolute Gasteiger partial charge is 0.229 e. The lowest BCUT2D eigenvalue weighted by atomic mass is 10.2. The van der Waals surface area contributed by atoms with Crippen LogP contribution in [0, 0.1) is 0 Å². The number of nitrogens with zero attached hydrogens (tertiary/aromatic N) is 4. The summed E-state index contributed by atoms with van der Waals surface area (Å²) in [6, 6.07) is 16.3. The number of piperazine rings is 1. The van der Waals surface area contributed by atoms with E-state index in [1.54, 1.807) is 0 Å². The van der Waals surface area contributed by atoms with Crippen molar-refractivity contribution >= 4 is 56.7 Å². The number of anilines is 3. The van der Waals surface area contributed by atoms with Crippen LogP contribution in [-0.2, 0) is 0 Å². The zero-order valence-electron chi connectivity index (χ0n) is 14.5. The first-order chi connectivity index (χ1) is 12.2. The quantitative estimate of drug-likeness (QED) is 0.665. The van der Waals surface area contributed by atoms with Crippen molar-refractivity contribution in [1.82, 2.24) is 14.9 Å². The highest BCUT2D eigenvalue weighted by molar-refractivity contribution is 9.10. The largest absolute Gasteiger partial charge is 0.353 e. The first-order valence-corrected chi connectivity index (χ1v) is 9.21. The predicted octanol–water partition coefficient (Wildman–Crippen LogP) is 4.31. The molecule has 7 heteroatoms. The van der Waals surface area contributed by atoms with Gasteiger partial charge in [0, 0.05) is 41.7 Å². The lowest BCUT2D eigenvalue weighted by Crippen LogP contribution is -2.45. The van der Waals surface area contributed by atoms with Crippen molar-refractivity contribution in [2.45, 2.75) is 0 Å². The monoisotopic (exact) mass is 433 g/mol. The third-order valence-corrected chi connectivity index (χ3v) is 5.01. The van der Waals surface area contributed by atoms with Crippen LogP contribution in [0.15, 0.2) is 53.0 Å². The van der Waals surface area contributed by atoms with E-state index in [-0.39, 0.29) is 12.4 Å². The summed E-state index contributed by atoms with van der Waals surface area (Å²) in [6.45, 7) is 4.06. The Hall–Kier alpha value is -1.89. The summed E-state index contributed by atoms with van der Waals surface area (Å²) >= 11 is 3.46. The van der Waals surface area contributed by atoms with Crippen LogP contribution in [0.25, 0.3) is 10.9 Å². The molecule has 1 aromatic heterocycles. The minimum absolute atomic E-state index is 0. The molecule has 0 saturated carbocycles. The Bertz CT molecular complexity index is 879. The van der Waals surface area contributed by atoms with E-state index in [9.17, 15) is 0 Å². The number of benzene rings is 2. The number of halogens is 2. The van der Waals surface area contributed by atoms with Gasteiger partial charge in [-0.2, -0.15) is 4.98 Å². The number of aromatic nitrogens is 2. The molecule has 136 valence electrons. The maximum Gasteiger partial charge on any atom is 0.229 e. The van der Waals surface area contributed by atoms with Crippen molar-refractivity contribution in [3.63, 3.8) is 0 Å². The molecule has 0 bridgehead atoms. The van der Waals surface area contributed by atoms with E-state index in [1.165, 1.54) is 0 Å². The Labute approximate surface area is 168 Å². The van der Waals surface area contributed by atoms with E-state index >= 15 is 0 Å². The van der Waals surface area contributed by atoms with Gasteiger partial charge in [-0.1, -0.05) is 28.1 Å². The maximum absolute atomic E-state index is 4.84. The van der Waals surface area contributed by atoms with Gasteiger partial charge in [0.2, 0.25) is 5.95 Å². The average Bonchev–Trinajstić information content (AvgIpc) is 2.64. The number of fused-ring (bicyclic) bond motifs is 1. The summed E-state index contributed by atoms with van der Waals surface area (Å²) in [6.07, 6.45) is 0. The number of hydrogen-bond acceptors (Lipinski definition) is 5. The number of para-hydroxylation sites is 1. The van der Waals surface area contributed by atoms with Crippen LogP contribution in [-0.4, -0.2) is 48.1 Å². The minimum Gasteiger partial charge on any atom is -0.353 e. The van der Waals surface area contributed by atoms with E-state index in [2.05, 4.69) is 44.2 Å². The number of nitrogens with one attached hydrogen (secondary N) is 1. The van der Waals surface area contributed by atoms with Gasteiger partial charge in [0.15, 0.2) is 0 Å². The lowest BCUT2D eigenvalue weighted by molar-refractivity contribution is 0.312. The Morgan fingerprint density at radius 1 is 0.923 bits per heavy atom. The molecular weight excluding hydrogens is 414 g/mol. The van der Waals surface area contributed by atoms with Crippen LogP contribution in [0.5, 0.6) is 0 Å². The molecule has 0 radical (unpaired) electrons. The normalized spacial score (nSPS) is 14.9. The Morgan fingerprint density at radius 3 is 2.35 bits per heavy atom. The summed E-state index contributed by atoms with van der Waals surface area (Å²) in [5, 5.41) is 4.44. The third-order valence-electron chi connectivity index (χ3n) is 4.49. The van der Waals surface area contributed by atoms with Gasteiger partial charge in [-0.05, 0) is 43.4 Å². The van der Waals surface area contributed by atoms with Crippen LogP contribution < -0.4 is 10.2 Å². The molecule has 1 saturated heterocycles. The van der Waals surface area contributed by atoms with Crippen LogP contribution >= 0.6 is 28.3 Å². The average molecular weight is 435 g/mol. The van der Waals surface area contributed by atoms with Gasteiger partial charge < -0.3 is 15.1 Å². The summed E-state index contributed by atoms with van der Waals surface area (Å²) in [5.41, 5.74) is 1.94. The molecule has 1 N–H and O–H groups in total. The molecule has 3 aromatic rings. The number of likely N-dealkylation sites (N-methyl/N-ethyl adjacent to an activating group) is 1. The highest BCUT2D eigenvalue weighted by Gasteiger charge is 2.19. The van der Waals surface area contributed by atoms with Gasteiger partial charge in [0.05, 0.1) is 5.52 Å². The van der Waals surface area contributed by atoms with E-state index in [4.69, 9.17) is 9.97 Å². The highest BCUT2D eigenvalue weighted by atomic mass is 79.9. The second-order valence-electron chi connectivity index (χ2n) is 6.31. The molecule has 0 unspecified atom stereocenters. The van der Waals surface area contributed by atoms with Crippen molar-refractivity contribution in [2.75, 3.05) is 43.4 Å². The molecular formula is C19H21BrClN5. The summed E-state index contributed by atoms with van der Waals surface area (Å²) in [4.78, 5) is 14.2. The Kier molecular flexibility index (Phi) is 5.96. The van der Waals surface area contributed by atoms with E-state index in [1.807, 2.05) is 42.5 Å². The zero-order valence-corrected chi connectivity index (χ0v) is 16.9. The third kappa shape index (κ3) is 4.09. The molecule has 1 fully saturated rings. The molecule has 1 aliphatic rings. The Balaban J connectivity index is 0.00000196. The topological polar surface area (TPSA) is 44.3 Å². The molecule has 26 heavy (non-hydrogen) atoms. The van der Waals surface area contributed by atoms with Crippen molar-refractivity contribution in [3.05, 3.63) is 53.0 Å². The standard InChI is InChI=1S/C19H20BrN5.ClH/c1-24-10-12-25(13-11-24)18-16-4-2-3-5-17(16)22-19(23-18)21-15-8-6-14(20)7-9-15;/h2-9H,10-13H2,1H3,(H,21,22,23);1H. The SMILES string of the molecule is CN1CCN(c2nc(Nc3ccc(Br)cc3)nc3ccccc23)CC1.Cl. The van der Waals surface area contributed by atoms with Crippen LogP contribution in [0.2, 0.25) is 0 Å². The molecule has 0 atom stereocenters. The van der Waals surface area contributed by atoms with Crippen LogP contribution in [0.4, 0.5) is 17.5 Å². The van der Waals surface area contributed by atoms with Gasteiger partial charge in [-0.15, -0.1) is 12.4 Å². The van der Waals surface area contributed by atoms with Gasteiger partial charge in [-0.3, -0.25) is 0 Å².